The Labute approximate surface area is 264 Å². The summed E-state index contributed by atoms with van der Waals surface area (Å²) >= 11 is 0. The van der Waals surface area contributed by atoms with Crippen molar-refractivity contribution in [1.82, 2.24) is 14.5 Å². The minimum absolute atomic E-state index is 0.108. The van der Waals surface area contributed by atoms with Crippen LogP contribution in [0.3, 0.4) is 0 Å². The normalized spacial score (nSPS) is 12.7. The highest BCUT2D eigenvalue weighted by atomic mass is 16.6. The predicted octanol–water partition coefficient (Wildman–Crippen LogP) is 6.30. The number of carboxylic acid groups (broad SMARTS) is 1. The Bertz CT molecular complexity index is 1490. The molecule has 1 N–H and O–H groups in total. The Morgan fingerprint density at radius 2 is 1.20 bits per heavy atom. The van der Waals surface area contributed by atoms with Crippen LogP contribution in [-0.2, 0) is 31.0 Å². The van der Waals surface area contributed by atoms with Crippen molar-refractivity contribution in [2.24, 2.45) is 0 Å². The van der Waals surface area contributed by atoms with Crippen LogP contribution in [0.2, 0.25) is 0 Å². The molecule has 0 aliphatic heterocycles. The molecule has 1 atom stereocenters. The van der Waals surface area contributed by atoms with Gasteiger partial charge in [-0.05, 0) is 58.2 Å². The Balaban J connectivity index is 1.87. The van der Waals surface area contributed by atoms with Gasteiger partial charge < -0.3 is 19.1 Å². The molecule has 0 aliphatic carbocycles. The first-order chi connectivity index (χ1) is 21.2. The summed E-state index contributed by atoms with van der Waals surface area (Å²) in [6.45, 7) is 9.37. The van der Waals surface area contributed by atoms with E-state index in [1.807, 2.05) is 65.4 Å². The minimum Gasteiger partial charge on any atom is -0.480 e. The summed E-state index contributed by atoms with van der Waals surface area (Å²) in [7, 11) is 0. The lowest BCUT2D eigenvalue weighted by molar-refractivity contribution is -0.162. The number of aromatic nitrogens is 2. The van der Waals surface area contributed by atoms with Crippen LogP contribution in [0.5, 0.6) is 0 Å². The van der Waals surface area contributed by atoms with Gasteiger partial charge in [-0.1, -0.05) is 91.0 Å². The maximum Gasteiger partial charge on any atom is 0.411 e. The molecule has 0 spiro atoms. The van der Waals surface area contributed by atoms with Gasteiger partial charge in [0.15, 0.2) is 0 Å². The third kappa shape index (κ3) is 7.98. The number of hydrogen-bond acceptors (Lipinski definition) is 6. The Hall–Kier alpha value is -4.92. The van der Waals surface area contributed by atoms with Gasteiger partial charge in [0.05, 0.1) is 12.0 Å². The fourth-order valence-corrected chi connectivity index (χ4v) is 5.29. The van der Waals surface area contributed by atoms with Crippen LogP contribution in [0.25, 0.3) is 0 Å². The molecule has 0 bridgehead atoms. The number of rotatable bonds is 10. The van der Waals surface area contributed by atoms with Crippen LogP contribution in [0.15, 0.2) is 104 Å². The molecule has 45 heavy (non-hydrogen) atoms. The van der Waals surface area contributed by atoms with Crippen molar-refractivity contribution < 1.29 is 29.0 Å². The molecular weight excluding hydrogens is 570 g/mol. The van der Waals surface area contributed by atoms with E-state index in [2.05, 4.69) is 36.4 Å². The molecular formula is C36H41N3O6. The molecule has 9 heteroatoms. The molecule has 4 aromatic rings. The Morgan fingerprint density at radius 3 is 1.60 bits per heavy atom. The van der Waals surface area contributed by atoms with Gasteiger partial charge in [0.1, 0.15) is 29.3 Å². The molecule has 9 nitrogen and oxygen atoms in total. The number of amides is 1. The first-order valence-corrected chi connectivity index (χ1v) is 14.8. The van der Waals surface area contributed by atoms with Gasteiger partial charge >= 0.3 is 18.0 Å². The zero-order chi connectivity index (χ0) is 32.8. The predicted molar refractivity (Wildman–Crippen MR) is 171 cm³/mol. The maximum absolute atomic E-state index is 13.6. The van der Waals surface area contributed by atoms with E-state index in [1.165, 1.54) is 0 Å². The highest BCUT2D eigenvalue weighted by molar-refractivity contribution is 5.85. The van der Waals surface area contributed by atoms with E-state index < -0.39 is 47.4 Å². The van der Waals surface area contributed by atoms with Crippen LogP contribution in [-0.4, -0.2) is 61.4 Å². The second-order valence-corrected chi connectivity index (χ2v) is 12.8. The van der Waals surface area contributed by atoms with Gasteiger partial charge in [0.25, 0.3) is 0 Å². The monoisotopic (exact) mass is 611 g/mol. The van der Waals surface area contributed by atoms with Crippen molar-refractivity contribution >= 4 is 18.0 Å². The first-order valence-electron chi connectivity index (χ1n) is 14.8. The van der Waals surface area contributed by atoms with E-state index in [-0.39, 0.29) is 6.42 Å². The van der Waals surface area contributed by atoms with E-state index >= 15 is 0 Å². The summed E-state index contributed by atoms with van der Waals surface area (Å²) in [5.74, 6) is -2.05. The molecule has 0 fully saturated rings. The summed E-state index contributed by atoms with van der Waals surface area (Å²) in [5.41, 5.74) is 0.748. The number of esters is 1. The first kappa shape index (κ1) is 33.0. The van der Waals surface area contributed by atoms with E-state index in [9.17, 15) is 19.5 Å². The molecule has 1 unspecified atom stereocenters. The highest BCUT2D eigenvalue weighted by Gasteiger charge is 2.40. The number of imidazole rings is 1. The van der Waals surface area contributed by atoms with Gasteiger partial charge in [-0.2, -0.15) is 0 Å². The van der Waals surface area contributed by atoms with Gasteiger partial charge in [0.2, 0.25) is 0 Å². The summed E-state index contributed by atoms with van der Waals surface area (Å²) in [4.78, 5) is 44.5. The van der Waals surface area contributed by atoms with Crippen molar-refractivity contribution in [2.75, 3.05) is 6.54 Å². The lowest BCUT2D eigenvalue weighted by Crippen LogP contribution is -2.52. The van der Waals surface area contributed by atoms with Crippen LogP contribution < -0.4 is 0 Å². The zero-order valence-corrected chi connectivity index (χ0v) is 26.6. The number of aliphatic carboxylic acids is 1. The number of carboxylic acids is 1. The molecule has 0 aliphatic rings. The van der Waals surface area contributed by atoms with Gasteiger partial charge in [-0.25, -0.2) is 14.6 Å². The van der Waals surface area contributed by atoms with Gasteiger partial charge in [-0.3, -0.25) is 9.69 Å². The molecule has 3 aromatic carbocycles. The molecule has 1 amide bonds. The summed E-state index contributed by atoms with van der Waals surface area (Å²) < 4.78 is 13.2. The standard InChI is InChI=1S/C36H41N3O6/c1-34(2,3)44-32(42)30(39(24-31(40)41)33(43)45-35(4,5)6)22-29-23-38(25-37-29)36(26-16-10-7-11-17-26,27-18-12-8-13-19-27)28-20-14-9-15-21-28/h7-21,23,25,30H,22,24H2,1-6H3,(H,40,41). The second kappa shape index (κ2) is 13.4. The fraction of sp³-hybridized carbons (Fsp3) is 0.333. The summed E-state index contributed by atoms with van der Waals surface area (Å²) in [6, 6.07) is 28.8. The third-order valence-corrected chi connectivity index (χ3v) is 6.99. The number of benzene rings is 3. The summed E-state index contributed by atoms with van der Waals surface area (Å²) in [6.07, 6.45) is 2.48. The second-order valence-electron chi connectivity index (χ2n) is 12.8. The van der Waals surface area contributed by atoms with Crippen LogP contribution in [0.4, 0.5) is 4.79 Å². The number of ether oxygens (including phenoxy) is 2. The largest absolute Gasteiger partial charge is 0.480 e. The Morgan fingerprint density at radius 1 is 0.756 bits per heavy atom. The third-order valence-electron chi connectivity index (χ3n) is 6.99. The molecule has 1 heterocycles. The molecule has 0 radical (unpaired) electrons. The Kier molecular flexibility index (Phi) is 9.81. The number of carbonyl (C=O) groups excluding carboxylic acids is 2. The quantitative estimate of drug-likeness (QED) is 0.166. The van der Waals surface area contributed by atoms with Crippen molar-refractivity contribution in [3.05, 3.63) is 126 Å². The van der Waals surface area contributed by atoms with E-state index in [0.717, 1.165) is 21.6 Å². The van der Waals surface area contributed by atoms with Crippen molar-refractivity contribution in [2.45, 2.75) is 70.7 Å². The summed E-state index contributed by atoms with van der Waals surface area (Å²) in [5, 5.41) is 9.73. The molecule has 4 rings (SSSR count). The van der Waals surface area contributed by atoms with Crippen LogP contribution >= 0.6 is 0 Å². The van der Waals surface area contributed by atoms with E-state index in [0.29, 0.717) is 5.69 Å². The molecule has 0 saturated heterocycles. The zero-order valence-electron chi connectivity index (χ0n) is 26.6. The average Bonchev–Trinajstić information content (AvgIpc) is 3.44. The molecule has 1 aromatic heterocycles. The number of hydrogen-bond donors (Lipinski definition) is 1. The lowest BCUT2D eigenvalue weighted by atomic mass is 9.77. The van der Waals surface area contributed by atoms with Crippen molar-refractivity contribution in [1.29, 1.82) is 0 Å². The minimum atomic E-state index is -1.32. The van der Waals surface area contributed by atoms with Crippen LogP contribution in [0, 0.1) is 0 Å². The lowest BCUT2D eigenvalue weighted by Gasteiger charge is -2.37. The smallest absolute Gasteiger partial charge is 0.411 e. The SMILES string of the molecule is CC(C)(C)OC(=O)C(Cc1cn(C(c2ccccc2)(c2ccccc2)c2ccccc2)cn1)N(CC(=O)O)C(=O)OC(C)(C)C. The van der Waals surface area contributed by atoms with Gasteiger partial charge in [-0.15, -0.1) is 0 Å². The average molecular weight is 612 g/mol. The molecule has 0 saturated carbocycles. The van der Waals surface area contributed by atoms with E-state index in [1.54, 1.807) is 47.9 Å². The number of carbonyl (C=O) groups is 3. The fourth-order valence-electron chi connectivity index (χ4n) is 5.29. The van der Waals surface area contributed by atoms with E-state index in [4.69, 9.17) is 14.5 Å². The molecule has 236 valence electrons. The van der Waals surface area contributed by atoms with Gasteiger partial charge in [0, 0.05) is 12.6 Å². The highest BCUT2D eigenvalue weighted by Crippen LogP contribution is 2.40. The van der Waals surface area contributed by atoms with Crippen molar-refractivity contribution in [3.63, 3.8) is 0 Å². The topological polar surface area (TPSA) is 111 Å². The van der Waals surface area contributed by atoms with Crippen molar-refractivity contribution in [3.8, 4) is 0 Å². The number of nitrogens with zero attached hydrogens (tertiary/aromatic N) is 3. The van der Waals surface area contributed by atoms with Crippen LogP contribution in [0.1, 0.15) is 63.9 Å². The maximum atomic E-state index is 13.6.